The molecule has 0 saturated carbocycles. The fourth-order valence-electron chi connectivity index (χ4n) is 2.77. The first-order valence-corrected chi connectivity index (χ1v) is 8.57. The Hall–Kier alpha value is -2.44. The van der Waals surface area contributed by atoms with Crippen LogP contribution in [0.5, 0.6) is 0 Å². The van der Waals surface area contributed by atoms with Gasteiger partial charge in [-0.15, -0.1) is 0 Å². The molecule has 6 nitrogen and oxygen atoms in total. The molecule has 2 heterocycles. The first kappa shape index (κ1) is 17.4. The average molecular weight is 358 g/mol. The second-order valence-electron chi connectivity index (χ2n) is 5.71. The fraction of sp³-hybridized carbons (Fsp3) is 0.278. The lowest BCUT2D eigenvalue weighted by Crippen LogP contribution is -2.24. The van der Waals surface area contributed by atoms with E-state index >= 15 is 0 Å². The van der Waals surface area contributed by atoms with Crippen LogP contribution in [0.25, 0.3) is 22.2 Å². The molecule has 0 saturated heterocycles. The predicted molar refractivity (Wildman–Crippen MR) is 102 cm³/mol. The van der Waals surface area contributed by atoms with E-state index in [0.717, 1.165) is 18.2 Å². The van der Waals surface area contributed by atoms with Gasteiger partial charge in [0.15, 0.2) is 0 Å². The minimum Gasteiger partial charge on any atom is -0.357 e. The van der Waals surface area contributed by atoms with E-state index in [1.807, 2.05) is 18.2 Å². The molecular weight excluding hydrogens is 338 g/mol. The summed E-state index contributed by atoms with van der Waals surface area (Å²) in [5, 5.41) is 4.24. The van der Waals surface area contributed by atoms with E-state index in [9.17, 15) is 4.79 Å². The van der Waals surface area contributed by atoms with Gasteiger partial charge >= 0.3 is 0 Å². The highest BCUT2D eigenvalue weighted by Gasteiger charge is 2.14. The number of unbranched alkanes of at least 4 members (excludes halogenated alkanes) is 1. The molecule has 0 aliphatic carbocycles. The Kier molecular flexibility index (Phi) is 5.31. The third-order valence-electron chi connectivity index (χ3n) is 4.05. The lowest BCUT2D eigenvalue weighted by atomic mass is 10.1. The number of nitrogens with two attached hydrogens (primary N) is 1. The van der Waals surface area contributed by atoms with Crippen molar-refractivity contribution in [3.8, 4) is 11.1 Å². The Bertz CT molecular complexity index is 954. The largest absolute Gasteiger partial charge is 0.357 e. The zero-order valence-electron chi connectivity index (χ0n) is 14.0. The average Bonchev–Trinajstić information content (AvgIpc) is 2.63. The highest BCUT2D eigenvalue weighted by Crippen LogP contribution is 2.27. The topological polar surface area (TPSA) is 85.8 Å². The highest BCUT2D eigenvalue weighted by molar-refractivity contribution is 6.33. The molecule has 3 rings (SSSR count). The van der Waals surface area contributed by atoms with Crippen molar-refractivity contribution in [3.05, 3.63) is 51.9 Å². The van der Waals surface area contributed by atoms with E-state index in [0.29, 0.717) is 40.8 Å². The van der Waals surface area contributed by atoms with Crippen LogP contribution in [0.15, 0.2) is 41.3 Å². The molecule has 3 aromatic rings. The van der Waals surface area contributed by atoms with Crippen molar-refractivity contribution in [1.29, 1.82) is 0 Å². The van der Waals surface area contributed by atoms with Gasteiger partial charge in [-0.2, -0.15) is 4.98 Å². The third kappa shape index (κ3) is 3.50. The van der Waals surface area contributed by atoms with Crippen LogP contribution in [0.3, 0.4) is 0 Å². The molecular formula is C18H20ClN5O. The Balaban J connectivity index is 2.24. The molecule has 0 amide bonds. The molecule has 1 aromatic carbocycles. The highest BCUT2D eigenvalue weighted by atomic mass is 35.5. The summed E-state index contributed by atoms with van der Waals surface area (Å²) in [5.41, 5.74) is 7.34. The molecule has 130 valence electrons. The molecule has 0 fully saturated rings. The Morgan fingerprint density at radius 2 is 2.04 bits per heavy atom. The van der Waals surface area contributed by atoms with Crippen molar-refractivity contribution in [1.82, 2.24) is 14.5 Å². The van der Waals surface area contributed by atoms with Crippen LogP contribution in [0, 0.1) is 0 Å². The smallest absolute Gasteiger partial charge is 0.260 e. The number of hydrogen-bond donors (Lipinski definition) is 2. The number of rotatable bonds is 6. The van der Waals surface area contributed by atoms with Gasteiger partial charge in [0, 0.05) is 41.3 Å². The van der Waals surface area contributed by atoms with E-state index in [4.69, 9.17) is 17.3 Å². The molecule has 0 spiro atoms. The van der Waals surface area contributed by atoms with Gasteiger partial charge in [-0.1, -0.05) is 29.8 Å². The summed E-state index contributed by atoms with van der Waals surface area (Å²) in [6, 6.07) is 9.13. The Morgan fingerprint density at radius 3 is 2.76 bits per heavy atom. The molecule has 0 aliphatic heterocycles. The van der Waals surface area contributed by atoms with Crippen molar-refractivity contribution in [2.24, 2.45) is 5.73 Å². The number of fused-ring (bicyclic) bond motifs is 1. The third-order valence-corrected chi connectivity index (χ3v) is 4.38. The Morgan fingerprint density at radius 1 is 1.24 bits per heavy atom. The monoisotopic (exact) mass is 357 g/mol. The molecule has 25 heavy (non-hydrogen) atoms. The van der Waals surface area contributed by atoms with Crippen LogP contribution >= 0.6 is 11.6 Å². The lowest BCUT2D eigenvalue weighted by Gasteiger charge is -2.13. The van der Waals surface area contributed by atoms with E-state index in [1.54, 1.807) is 29.9 Å². The second-order valence-corrected chi connectivity index (χ2v) is 6.12. The molecule has 0 unspecified atom stereocenters. The van der Waals surface area contributed by atoms with Crippen LogP contribution in [-0.2, 0) is 6.54 Å². The number of nitrogens with zero attached hydrogens (tertiary/aromatic N) is 3. The van der Waals surface area contributed by atoms with Gasteiger partial charge in [-0.25, -0.2) is 4.98 Å². The SMILES string of the molecule is CNc1ncc2cc(-c3ccccc3Cl)c(=O)n(CCCCN)c2n1. The maximum atomic E-state index is 13.1. The van der Waals surface area contributed by atoms with Gasteiger partial charge in [-0.3, -0.25) is 9.36 Å². The van der Waals surface area contributed by atoms with E-state index in [2.05, 4.69) is 15.3 Å². The van der Waals surface area contributed by atoms with Gasteiger partial charge in [-0.05, 0) is 31.5 Å². The van der Waals surface area contributed by atoms with Crippen molar-refractivity contribution >= 4 is 28.6 Å². The second kappa shape index (κ2) is 7.63. The van der Waals surface area contributed by atoms with Gasteiger partial charge in [0.05, 0.1) is 0 Å². The number of anilines is 1. The van der Waals surface area contributed by atoms with Crippen LogP contribution in [-0.4, -0.2) is 28.1 Å². The molecule has 7 heteroatoms. The van der Waals surface area contributed by atoms with Crippen molar-refractivity contribution in [2.75, 3.05) is 18.9 Å². The number of benzene rings is 1. The molecule has 0 bridgehead atoms. The van der Waals surface area contributed by atoms with Crippen LogP contribution in [0.2, 0.25) is 5.02 Å². The fourth-order valence-corrected chi connectivity index (χ4v) is 3.01. The minimum absolute atomic E-state index is 0.113. The normalized spacial score (nSPS) is 11.0. The molecule has 0 radical (unpaired) electrons. The van der Waals surface area contributed by atoms with E-state index in [-0.39, 0.29) is 5.56 Å². The zero-order valence-corrected chi connectivity index (χ0v) is 14.8. The summed E-state index contributed by atoms with van der Waals surface area (Å²) in [6.45, 7) is 1.14. The first-order chi connectivity index (χ1) is 12.2. The summed E-state index contributed by atoms with van der Waals surface area (Å²) in [7, 11) is 1.75. The predicted octanol–water partition coefficient (Wildman–Crippen LogP) is 2.89. The van der Waals surface area contributed by atoms with Gasteiger partial charge in [0.1, 0.15) is 5.65 Å². The number of halogens is 1. The molecule has 0 atom stereocenters. The summed E-state index contributed by atoms with van der Waals surface area (Å²) in [4.78, 5) is 21.8. The van der Waals surface area contributed by atoms with Gasteiger partial charge in [0.25, 0.3) is 5.56 Å². The molecule has 2 aromatic heterocycles. The zero-order chi connectivity index (χ0) is 17.8. The van der Waals surface area contributed by atoms with Gasteiger partial charge in [0.2, 0.25) is 5.95 Å². The summed E-state index contributed by atoms with van der Waals surface area (Å²) >= 11 is 6.30. The Labute approximate surface area is 150 Å². The quantitative estimate of drug-likeness (QED) is 0.662. The lowest BCUT2D eigenvalue weighted by molar-refractivity contribution is 0.612. The standard InChI is InChI=1S/C18H20ClN5O/c1-21-18-22-11-12-10-14(13-6-2-3-7-15(13)19)17(25)24(16(12)23-18)9-5-4-8-20/h2-3,6-7,10-11H,4-5,8-9,20H2,1H3,(H,21,22,23). The van der Waals surface area contributed by atoms with Crippen LogP contribution < -0.4 is 16.6 Å². The van der Waals surface area contributed by atoms with Crippen LogP contribution in [0.4, 0.5) is 5.95 Å². The van der Waals surface area contributed by atoms with E-state index in [1.165, 1.54) is 0 Å². The summed E-state index contributed by atoms with van der Waals surface area (Å²) in [6.07, 6.45) is 3.36. The van der Waals surface area contributed by atoms with Crippen molar-refractivity contribution in [2.45, 2.75) is 19.4 Å². The van der Waals surface area contributed by atoms with E-state index < -0.39 is 0 Å². The van der Waals surface area contributed by atoms with Gasteiger partial charge < -0.3 is 11.1 Å². The summed E-state index contributed by atoms with van der Waals surface area (Å²) < 4.78 is 1.69. The number of hydrogen-bond acceptors (Lipinski definition) is 5. The molecule has 0 aliphatic rings. The number of aryl methyl sites for hydroxylation is 1. The maximum absolute atomic E-state index is 13.1. The number of aromatic nitrogens is 3. The summed E-state index contributed by atoms with van der Waals surface area (Å²) in [5.74, 6) is 0.477. The van der Waals surface area contributed by atoms with Crippen molar-refractivity contribution < 1.29 is 0 Å². The van der Waals surface area contributed by atoms with Crippen LogP contribution in [0.1, 0.15) is 12.8 Å². The minimum atomic E-state index is -0.113. The molecule has 3 N–H and O–H groups in total. The first-order valence-electron chi connectivity index (χ1n) is 8.19. The number of nitrogens with one attached hydrogen (secondary N) is 1. The van der Waals surface area contributed by atoms with Crippen molar-refractivity contribution in [3.63, 3.8) is 0 Å². The maximum Gasteiger partial charge on any atom is 0.260 e. The number of pyridine rings is 1.